The minimum atomic E-state index is -0.196. The Bertz CT molecular complexity index is 898. The second-order valence-corrected chi connectivity index (χ2v) is 7.27. The first-order valence-electron chi connectivity index (χ1n) is 9.04. The van der Waals surface area contributed by atoms with E-state index < -0.39 is 0 Å². The van der Waals surface area contributed by atoms with Gasteiger partial charge in [-0.2, -0.15) is 8.75 Å². The molecule has 0 aliphatic carbocycles. The zero-order chi connectivity index (χ0) is 17.9. The number of hydrogen-bond acceptors (Lipinski definition) is 6. The number of aromatic nitrogens is 2. The summed E-state index contributed by atoms with van der Waals surface area (Å²) in [5.41, 5.74) is 2.73. The molecule has 2 aromatic heterocycles. The van der Waals surface area contributed by atoms with Crippen molar-refractivity contribution >= 4 is 28.7 Å². The highest BCUT2D eigenvalue weighted by Gasteiger charge is 2.22. The van der Waals surface area contributed by atoms with Gasteiger partial charge in [0.1, 0.15) is 16.8 Å². The van der Waals surface area contributed by atoms with Crippen molar-refractivity contribution in [1.29, 1.82) is 0 Å². The van der Waals surface area contributed by atoms with Crippen molar-refractivity contribution in [2.45, 2.75) is 38.8 Å². The molecule has 0 radical (unpaired) electrons. The lowest BCUT2D eigenvalue weighted by Gasteiger charge is -2.31. The van der Waals surface area contributed by atoms with E-state index in [1.807, 2.05) is 24.3 Å². The summed E-state index contributed by atoms with van der Waals surface area (Å²) in [6.07, 6.45) is 3.77. The third-order valence-electron chi connectivity index (χ3n) is 4.97. The Morgan fingerprint density at radius 3 is 2.85 bits per heavy atom. The van der Waals surface area contributed by atoms with E-state index >= 15 is 0 Å². The highest BCUT2D eigenvalue weighted by Crippen LogP contribution is 2.25. The van der Waals surface area contributed by atoms with Crippen molar-refractivity contribution in [3.8, 4) is 0 Å². The Balaban J connectivity index is 1.38. The Labute approximate surface area is 156 Å². The van der Waals surface area contributed by atoms with Gasteiger partial charge < -0.3 is 9.73 Å². The van der Waals surface area contributed by atoms with E-state index in [0.29, 0.717) is 12.3 Å². The van der Waals surface area contributed by atoms with Crippen LogP contribution in [0.2, 0.25) is 0 Å². The van der Waals surface area contributed by atoms with Crippen LogP contribution < -0.4 is 5.32 Å². The molecule has 4 rings (SSSR count). The van der Waals surface area contributed by atoms with Gasteiger partial charge in [0.2, 0.25) is 0 Å². The molecule has 0 bridgehead atoms. The maximum absolute atomic E-state index is 12.4. The van der Waals surface area contributed by atoms with Gasteiger partial charge in [0.05, 0.1) is 17.8 Å². The third kappa shape index (κ3) is 3.64. The summed E-state index contributed by atoms with van der Waals surface area (Å²) in [5, 5.41) is 2.91. The summed E-state index contributed by atoms with van der Waals surface area (Å²) < 4.78 is 14.2. The van der Waals surface area contributed by atoms with Gasteiger partial charge in [0, 0.05) is 6.54 Å². The van der Waals surface area contributed by atoms with Crippen molar-refractivity contribution in [1.82, 2.24) is 19.0 Å². The average molecular weight is 370 g/mol. The summed E-state index contributed by atoms with van der Waals surface area (Å²) in [5.74, 6) is 1.02. The molecule has 3 heterocycles. The summed E-state index contributed by atoms with van der Waals surface area (Å²) in [4.78, 5) is 14.8. The van der Waals surface area contributed by atoms with Crippen LogP contribution in [0.3, 0.4) is 0 Å². The number of hydrogen-bond donors (Lipinski definition) is 1. The third-order valence-corrected chi connectivity index (χ3v) is 5.53. The minimum Gasteiger partial charge on any atom is -0.454 e. The number of amides is 1. The molecule has 1 saturated heterocycles. The van der Waals surface area contributed by atoms with Gasteiger partial charge in [-0.1, -0.05) is 12.5 Å². The lowest BCUT2D eigenvalue weighted by Crippen LogP contribution is -2.32. The van der Waals surface area contributed by atoms with E-state index in [0.717, 1.165) is 35.4 Å². The lowest BCUT2D eigenvalue weighted by atomic mass is 10.1. The highest BCUT2D eigenvalue weighted by atomic mass is 32.1. The summed E-state index contributed by atoms with van der Waals surface area (Å²) in [6, 6.07) is 9.71. The zero-order valence-corrected chi connectivity index (χ0v) is 15.6. The van der Waals surface area contributed by atoms with Crippen LogP contribution in [0.25, 0.3) is 11.0 Å². The largest absolute Gasteiger partial charge is 0.454 e. The minimum absolute atomic E-state index is 0.196. The number of furan rings is 1. The number of rotatable bonds is 5. The van der Waals surface area contributed by atoms with Crippen LogP contribution in [-0.2, 0) is 6.54 Å². The standard InChI is InChI=1S/C19H22N4O2S/c1-13(23-9-3-2-4-10-23)17-7-8-18(25-17)19(24)20-12-14-5-6-15-16(11-14)22-26-21-15/h5-8,11,13H,2-4,9-10,12H2,1H3,(H,20,24). The van der Waals surface area contributed by atoms with Gasteiger partial charge in [0.25, 0.3) is 5.91 Å². The predicted molar refractivity (Wildman–Crippen MR) is 101 cm³/mol. The van der Waals surface area contributed by atoms with Crippen molar-refractivity contribution < 1.29 is 9.21 Å². The molecular weight excluding hydrogens is 348 g/mol. The Hall–Kier alpha value is -2.25. The first-order chi connectivity index (χ1) is 12.7. The number of benzene rings is 1. The van der Waals surface area contributed by atoms with E-state index in [4.69, 9.17) is 4.42 Å². The van der Waals surface area contributed by atoms with E-state index in [-0.39, 0.29) is 11.9 Å². The van der Waals surface area contributed by atoms with Gasteiger partial charge in [-0.25, -0.2) is 0 Å². The van der Waals surface area contributed by atoms with Crippen LogP contribution in [0.4, 0.5) is 0 Å². The van der Waals surface area contributed by atoms with E-state index in [2.05, 4.69) is 25.9 Å². The molecule has 26 heavy (non-hydrogen) atoms. The summed E-state index contributed by atoms with van der Waals surface area (Å²) >= 11 is 1.19. The second kappa shape index (κ2) is 7.55. The Morgan fingerprint density at radius 2 is 2.00 bits per heavy atom. The van der Waals surface area contributed by atoms with E-state index in [1.165, 1.54) is 31.0 Å². The fraction of sp³-hybridized carbons (Fsp3) is 0.421. The van der Waals surface area contributed by atoms with Crippen molar-refractivity contribution in [3.05, 3.63) is 47.4 Å². The molecule has 1 atom stereocenters. The summed E-state index contributed by atoms with van der Waals surface area (Å²) in [7, 11) is 0. The van der Waals surface area contributed by atoms with Gasteiger partial charge in [0.15, 0.2) is 5.76 Å². The van der Waals surface area contributed by atoms with Crippen LogP contribution in [0, 0.1) is 0 Å². The highest BCUT2D eigenvalue weighted by molar-refractivity contribution is 7.00. The number of piperidine rings is 1. The molecule has 1 aromatic carbocycles. The summed E-state index contributed by atoms with van der Waals surface area (Å²) in [6.45, 7) is 4.77. The maximum Gasteiger partial charge on any atom is 0.287 e. The second-order valence-electron chi connectivity index (χ2n) is 6.74. The molecule has 0 saturated carbocycles. The first kappa shape index (κ1) is 17.2. The average Bonchev–Trinajstić information content (AvgIpc) is 3.35. The fourth-order valence-electron chi connectivity index (χ4n) is 3.39. The molecule has 7 heteroatoms. The van der Waals surface area contributed by atoms with Crippen LogP contribution in [0.15, 0.2) is 34.7 Å². The molecule has 136 valence electrons. The molecule has 0 spiro atoms. The predicted octanol–water partition coefficient (Wildman–Crippen LogP) is 3.76. The topological polar surface area (TPSA) is 71.3 Å². The molecule has 1 aliphatic heterocycles. The van der Waals surface area contributed by atoms with Gasteiger partial charge in [-0.05, 0) is 62.7 Å². The number of carbonyl (C=O) groups is 1. The molecule has 1 aliphatic rings. The lowest BCUT2D eigenvalue weighted by molar-refractivity contribution is 0.0914. The molecule has 1 N–H and O–H groups in total. The molecule has 3 aromatic rings. The number of likely N-dealkylation sites (tertiary alicyclic amines) is 1. The van der Waals surface area contributed by atoms with Crippen LogP contribution in [-0.4, -0.2) is 32.6 Å². The molecule has 1 amide bonds. The van der Waals surface area contributed by atoms with Crippen molar-refractivity contribution in [2.24, 2.45) is 0 Å². The number of fused-ring (bicyclic) bond motifs is 1. The zero-order valence-electron chi connectivity index (χ0n) is 14.8. The normalized spacial score (nSPS) is 16.7. The Morgan fingerprint density at radius 1 is 1.19 bits per heavy atom. The maximum atomic E-state index is 12.4. The van der Waals surface area contributed by atoms with Crippen molar-refractivity contribution in [3.63, 3.8) is 0 Å². The number of nitrogens with one attached hydrogen (secondary N) is 1. The number of carbonyl (C=O) groups excluding carboxylic acids is 1. The Kier molecular flexibility index (Phi) is 4.99. The van der Waals surface area contributed by atoms with E-state index in [1.54, 1.807) is 6.07 Å². The fourth-order valence-corrected chi connectivity index (χ4v) is 3.91. The van der Waals surface area contributed by atoms with Gasteiger partial charge in [-0.3, -0.25) is 9.69 Å². The first-order valence-corrected chi connectivity index (χ1v) is 9.77. The number of nitrogens with zero attached hydrogens (tertiary/aromatic N) is 3. The quantitative estimate of drug-likeness (QED) is 0.740. The van der Waals surface area contributed by atoms with Crippen LogP contribution in [0.5, 0.6) is 0 Å². The van der Waals surface area contributed by atoms with Crippen LogP contribution >= 0.6 is 11.7 Å². The monoisotopic (exact) mass is 370 g/mol. The van der Waals surface area contributed by atoms with Gasteiger partial charge in [-0.15, -0.1) is 0 Å². The van der Waals surface area contributed by atoms with E-state index in [9.17, 15) is 4.79 Å². The SMILES string of the molecule is CC(c1ccc(C(=O)NCc2ccc3nsnc3c2)o1)N1CCCCC1. The van der Waals surface area contributed by atoms with Crippen molar-refractivity contribution in [2.75, 3.05) is 13.1 Å². The van der Waals surface area contributed by atoms with Crippen LogP contribution in [0.1, 0.15) is 54.1 Å². The molecular formula is C19H22N4O2S. The molecule has 1 fully saturated rings. The smallest absolute Gasteiger partial charge is 0.287 e. The molecule has 6 nitrogen and oxygen atoms in total. The molecule has 1 unspecified atom stereocenters. The van der Waals surface area contributed by atoms with Gasteiger partial charge >= 0.3 is 0 Å².